The minimum Gasteiger partial charge on any atom is -0.544 e. The molecule has 0 bridgehead atoms. The summed E-state index contributed by atoms with van der Waals surface area (Å²) >= 11 is 0. The van der Waals surface area contributed by atoms with Gasteiger partial charge in [-0.1, -0.05) is 140 Å². The lowest BCUT2D eigenvalue weighted by atomic mass is 10.1. The van der Waals surface area contributed by atoms with E-state index in [9.17, 15) is 19.5 Å². The van der Waals surface area contributed by atoms with E-state index in [2.05, 4.69) is 50.3 Å². The molecule has 0 heterocycles. The van der Waals surface area contributed by atoms with E-state index in [-0.39, 0.29) is 42.7 Å². The summed E-state index contributed by atoms with van der Waals surface area (Å²) in [6, 6.07) is -0.728. The van der Waals surface area contributed by atoms with Gasteiger partial charge in [-0.3, -0.25) is 9.59 Å². The van der Waals surface area contributed by atoms with Crippen molar-refractivity contribution in [2.75, 3.05) is 41.0 Å². The smallest absolute Gasteiger partial charge is 0.306 e. The van der Waals surface area contributed by atoms with Gasteiger partial charge < -0.3 is 28.6 Å². The Bertz CT molecular complexity index is 984. The molecular formula is C46H83NO7. The average Bonchev–Trinajstić information content (AvgIpc) is 3.12. The summed E-state index contributed by atoms with van der Waals surface area (Å²) in [5.74, 6) is -1.76. The summed E-state index contributed by atoms with van der Waals surface area (Å²) in [6.45, 7) is 4.61. The van der Waals surface area contributed by atoms with Gasteiger partial charge in [0, 0.05) is 19.3 Å². The summed E-state index contributed by atoms with van der Waals surface area (Å²) in [7, 11) is 5.40. The van der Waals surface area contributed by atoms with Gasteiger partial charge >= 0.3 is 11.9 Å². The number of quaternary nitrogens is 1. The normalized spacial score (nSPS) is 13.3. The highest BCUT2D eigenvalue weighted by Gasteiger charge is 2.25. The van der Waals surface area contributed by atoms with Crippen LogP contribution in [-0.4, -0.2) is 75.5 Å². The van der Waals surface area contributed by atoms with E-state index >= 15 is 0 Å². The molecule has 2 unspecified atom stereocenters. The van der Waals surface area contributed by atoms with Crippen molar-refractivity contribution in [3.05, 3.63) is 36.5 Å². The number of esters is 2. The van der Waals surface area contributed by atoms with Crippen LogP contribution in [0.25, 0.3) is 0 Å². The van der Waals surface area contributed by atoms with Crippen molar-refractivity contribution >= 4 is 17.9 Å². The standard InChI is InChI=1S/C46H83NO7/c1-6-8-10-12-14-16-18-20-21-22-23-24-25-27-28-30-32-34-36-44(48)53-41-42(40-52-39-38-43(46(50)51)47(3,4)5)54-45(49)37-35-33-31-29-26-19-17-15-13-11-9-7-2/h15,17,21-24,42-43H,6-14,16,18-20,25-41H2,1-5H3/b17-15+,22-21+,24-23+. The SMILES string of the molecule is CCCCC/C=C/CCCCCCCC(=O)OC(COCCC(C(=O)[O-])[N+](C)(C)C)COC(=O)CCCCCCC/C=C/C=C/CCCCCCCCC. The molecule has 0 rings (SSSR count). The number of unbranched alkanes of at least 4 members (excludes halogenated alkanes) is 20. The minimum absolute atomic E-state index is 0.0331. The molecule has 0 aliphatic heterocycles. The fraction of sp³-hybridized carbons (Fsp3) is 0.804. The molecule has 314 valence electrons. The third kappa shape index (κ3) is 35.3. The van der Waals surface area contributed by atoms with Crippen molar-refractivity contribution in [2.45, 2.75) is 199 Å². The van der Waals surface area contributed by atoms with Crippen molar-refractivity contribution in [2.24, 2.45) is 0 Å². The number of hydrogen-bond acceptors (Lipinski definition) is 7. The molecule has 0 aromatic carbocycles. The summed E-state index contributed by atoms with van der Waals surface area (Å²) in [5, 5.41) is 11.6. The van der Waals surface area contributed by atoms with E-state index in [1.165, 1.54) is 83.5 Å². The van der Waals surface area contributed by atoms with Crippen LogP contribution in [0, 0.1) is 0 Å². The molecule has 0 aliphatic carbocycles. The molecule has 0 N–H and O–H groups in total. The van der Waals surface area contributed by atoms with E-state index in [1.807, 2.05) is 0 Å². The molecule has 0 spiro atoms. The summed E-state index contributed by atoms with van der Waals surface area (Å²) in [6.07, 6.45) is 41.6. The fourth-order valence-electron chi connectivity index (χ4n) is 6.29. The third-order valence-electron chi connectivity index (χ3n) is 9.78. The Hall–Kier alpha value is -2.45. The lowest BCUT2D eigenvalue weighted by Crippen LogP contribution is -2.55. The summed E-state index contributed by atoms with van der Waals surface area (Å²) in [4.78, 5) is 36.8. The number of nitrogens with zero attached hydrogens (tertiary/aromatic N) is 1. The van der Waals surface area contributed by atoms with Crippen molar-refractivity contribution in [3.63, 3.8) is 0 Å². The van der Waals surface area contributed by atoms with Gasteiger partial charge in [-0.25, -0.2) is 0 Å². The van der Waals surface area contributed by atoms with Crippen LogP contribution in [0.5, 0.6) is 0 Å². The van der Waals surface area contributed by atoms with Gasteiger partial charge in [0.25, 0.3) is 0 Å². The van der Waals surface area contributed by atoms with E-state index < -0.39 is 18.1 Å². The topological polar surface area (TPSA) is 102 Å². The van der Waals surface area contributed by atoms with Crippen LogP contribution >= 0.6 is 0 Å². The molecular weight excluding hydrogens is 679 g/mol. The van der Waals surface area contributed by atoms with Crippen LogP contribution in [0.4, 0.5) is 0 Å². The monoisotopic (exact) mass is 762 g/mol. The molecule has 0 radical (unpaired) electrons. The Morgan fingerprint density at radius 3 is 1.48 bits per heavy atom. The molecule has 0 saturated carbocycles. The molecule has 0 fully saturated rings. The summed E-state index contributed by atoms with van der Waals surface area (Å²) < 4.78 is 17.1. The first-order valence-electron chi connectivity index (χ1n) is 22.0. The molecule has 0 aromatic rings. The molecule has 8 nitrogen and oxygen atoms in total. The van der Waals surface area contributed by atoms with Gasteiger partial charge in [0.05, 0.1) is 40.3 Å². The molecule has 0 aromatic heterocycles. The van der Waals surface area contributed by atoms with Gasteiger partial charge in [0.2, 0.25) is 0 Å². The molecule has 0 saturated heterocycles. The maximum atomic E-state index is 12.7. The number of rotatable bonds is 39. The van der Waals surface area contributed by atoms with Gasteiger partial charge in [-0.15, -0.1) is 0 Å². The largest absolute Gasteiger partial charge is 0.544 e. The molecule has 0 amide bonds. The number of carboxylic acid groups (broad SMARTS) is 1. The first kappa shape index (κ1) is 51.5. The van der Waals surface area contributed by atoms with E-state index in [0.29, 0.717) is 12.8 Å². The zero-order chi connectivity index (χ0) is 40.0. The van der Waals surface area contributed by atoms with Gasteiger partial charge in [-0.05, 0) is 64.2 Å². The highest BCUT2D eigenvalue weighted by Crippen LogP contribution is 2.13. The predicted octanol–water partition coefficient (Wildman–Crippen LogP) is 10.5. The molecule has 0 aliphatic rings. The third-order valence-corrected chi connectivity index (χ3v) is 9.78. The van der Waals surface area contributed by atoms with E-state index in [4.69, 9.17) is 14.2 Å². The average molecular weight is 762 g/mol. The number of carbonyl (C=O) groups excluding carboxylic acids is 3. The van der Waals surface area contributed by atoms with Crippen molar-refractivity contribution in [1.82, 2.24) is 0 Å². The fourth-order valence-corrected chi connectivity index (χ4v) is 6.29. The zero-order valence-corrected chi connectivity index (χ0v) is 35.6. The highest BCUT2D eigenvalue weighted by atomic mass is 16.6. The van der Waals surface area contributed by atoms with Crippen LogP contribution < -0.4 is 5.11 Å². The van der Waals surface area contributed by atoms with Gasteiger partial charge in [0.15, 0.2) is 6.10 Å². The van der Waals surface area contributed by atoms with E-state index in [1.54, 1.807) is 21.1 Å². The summed E-state index contributed by atoms with van der Waals surface area (Å²) in [5.41, 5.74) is 0. The maximum absolute atomic E-state index is 12.7. The first-order valence-corrected chi connectivity index (χ1v) is 22.0. The van der Waals surface area contributed by atoms with Crippen molar-refractivity contribution in [3.8, 4) is 0 Å². The number of aliphatic carboxylic acids is 1. The van der Waals surface area contributed by atoms with Crippen LogP contribution in [0.2, 0.25) is 0 Å². The quantitative estimate of drug-likeness (QED) is 0.0202. The van der Waals surface area contributed by atoms with Crippen LogP contribution in [0.3, 0.4) is 0 Å². The predicted molar refractivity (Wildman–Crippen MR) is 222 cm³/mol. The minimum atomic E-state index is -1.13. The lowest BCUT2D eigenvalue weighted by molar-refractivity contribution is -0.889. The lowest BCUT2D eigenvalue weighted by Gasteiger charge is -2.34. The van der Waals surface area contributed by atoms with Crippen LogP contribution in [0.1, 0.15) is 187 Å². The molecule has 54 heavy (non-hydrogen) atoms. The number of carboxylic acids is 1. The Morgan fingerprint density at radius 1 is 0.556 bits per heavy atom. The Morgan fingerprint density at radius 2 is 0.981 bits per heavy atom. The second kappa shape index (κ2) is 37.5. The highest BCUT2D eigenvalue weighted by molar-refractivity contribution is 5.70. The maximum Gasteiger partial charge on any atom is 0.306 e. The number of likely N-dealkylation sites (N-methyl/N-ethyl adjacent to an activating group) is 1. The molecule has 2 atom stereocenters. The second-order valence-electron chi connectivity index (χ2n) is 16.0. The Balaban J connectivity index is 4.36. The zero-order valence-electron chi connectivity index (χ0n) is 35.6. The number of allylic oxidation sites excluding steroid dienone is 6. The van der Waals surface area contributed by atoms with E-state index in [0.717, 1.165) is 70.6 Å². The first-order chi connectivity index (χ1) is 26.1. The number of hydrogen-bond donors (Lipinski definition) is 0. The van der Waals surface area contributed by atoms with Crippen molar-refractivity contribution in [1.29, 1.82) is 0 Å². The Labute approximate surface area is 332 Å². The van der Waals surface area contributed by atoms with Gasteiger partial charge in [0.1, 0.15) is 12.6 Å². The Kier molecular flexibility index (Phi) is 35.8. The van der Waals surface area contributed by atoms with Crippen LogP contribution in [-0.2, 0) is 28.6 Å². The number of ether oxygens (including phenoxy) is 3. The van der Waals surface area contributed by atoms with Crippen molar-refractivity contribution < 1.29 is 38.2 Å². The van der Waals surface area contributed by atoms with Gasteiger partial charge in [-0.2, -0.15) is 0 Å². The number of carbonyl (C=O) groups is 3. The second-order valence-corrected chi connectivity index (χ2v) is 16.0. The van der Waals surface area contributed by atoms with Crippen LogP contribution in [0.15, 0.2) is 36.5 Å². The molecule has 8 heteroatoms.